The summed E-state index contributed by atoms with van der Waals surface area (Å²) in [5.41, 5.74) is 0.489. The molecule has 0 aromatic carbocycles. The number of hydrogen-bond acceptors (Lipinski definition) is 3. The average molecular weight is 239 g/mol. The minimum atomic E-state index is 0.489. The van der Waals surface area contributed by atoms with Gasteiger partial charge >= 0.3 is 0 Å². The van der Waals surface area contributed by atoms with E-state index in [-0.39, 0.29) is 0 Å². The van der Waals surface area contributed by atoms with Crippen LogP contribution in [-0.2, 0) is 0 Å². The van der Waals surface area contributed by atoms with E-state index in [9.17, 15) is 0 Å². The van der Waals surface area contributed by atoms with Gasteiger partial charge in [-0.2, -0.15) is 5.26 Å². The van der Waals surface area contributed by atoms with Crippen LogP contribution in [0.3, 0.4) is 0 Å². The lowest BCUT2D eigenvalue weighted by Crippen LogP contribution is -2.39. The zero-order valence-corrected chi connectivity index (χ0v) is 11.5. The maximum Gasteiger partial charge on any atom is 0.208 e. The molecule has 16 heavy (non-hydrogen) atoms. The minimum Gasteiger partial charge on any atom is -0.351 e. The highest BCUT2D eigenvalue weighted by molar-refractivity contribution is 8.13. The lowest BCUT2D eigenvalue weighted by Gasteiger charge is -2.39. The van der Waals surface area contributed by atoms with E-state index >= 15 is 0 Å². The van der Waals surface area contributed by atoms with E-state index in [2.05, 4.69) is 30.8 Å². The molecule has 4 heteroatoms. The van der Waals surface area contributed by atoms with E-state index in [0.717, 1.165) is 5.17 Å². The Labute approximate surface area is 103 Å². The number of nitrogens with zero attached hydrogens (tertiary/aromatic N) is 3. The molecule has 1 saturated carbocycles. The largest absolute Gasteiger partial charge is 0.351 e. The van der Waals surface area contributed by atoms with Gasteiger partial charge < -0.3 is 4.90 Å². The van der Waals surface area contributed by atoms with Crippen LogP contribution in [0, 0.1) is 16.9 Å². The summed E-state index contributed by atoms with van der Waals surface area (Å²) in [5, 5.41) is 9.46. The molecule has 0 aromatic rings. The Morgan fingerprint density at radius 1 is 1.44 bits per heavy atom. The van der Waals surface area contributed by atoms with Crippen LogP contribution in [0.5, 0.6) is 0 Å². The lowest BCUT2D eigenvalue weighted by atomic mass is 9.75. The fraction of sp³-hybridized carbons (Fsp3) is 0.833. The summed E-state index contributed by atoms with van der Waals surface area (Å²) < 4.78 is 0. The van der Waals surface area contributed by atoms with Gasteiger partial charge in [-0.25, -0.2) is 0 Å². The Hall–Kier alpha value is -0.690. The molecule has 0 saturated heterocycles. The van der Waals surface area contributed by atoms with E-state index in [1.54, 1.807) is 11.8 Å². The number of nitriles is 1. The molecular weight excluding hydrogens is 218 g/mol. The molecule has 0 radical (unpaired) electrons. The normalized spacial score (nSPS) is 21.6. The van der Waals surface area contributed by atoms with Crippen molar-refractivity contribution in [2.24, 2.45) is 10.4 Å². The van der Waals surface area contributed by atoms with E-state index in [1.165, 1.54) is 25.7 Å². The van der Waals surface area contributed by atoms with Crippen molar-refractivity contribution < 1.29 is 0 Å². The van der Waals surface area contributed by atoms with Crippen molar-refractivity contribution in [1.82, 2.24) is 4.90 Å². The van der Waals surface area contributed by atoms with Crippen molar-refractivity contribution in [3.8, 4) is 6.19 Å². The third-order valence-corrected chi connectivity index (χ3v) is 4.23. The second-order valence-electron chi connectivity index (χ2n) is 5.20. The molecule has 1 aliphatic rings. The van der Waals surface area contributed by atoms with Gasteiger partial charge in [-0.3, -0.25) is 0 Å². The fourth-order valence-electron chi connectivity index (χ4n) is 2.24. The molecule has 0 aliphatic heterocycles. The molecule has 0 aromatic heterocycles. The van der Waals surface area contributed by atoms with Crippen molar-refractivity contribution in [3.05, 3.63) is 0 Å². The molecule has 0 atom stereocenters. The van der Waals surface area contributed by atoms with Crippen LogP contribution >= 0.6 is 11.8 Å². The Kier molecular flexibility index (Phi) is 4.67. The quantitative estimate of drug-likeness (QED) is 0.401. The molecule has 0 unspecified atom stereocenters. The Morgan fingerprint density at radius 2 is 2.00 bits per heavy atom. The predicted octanol–water partition coefficient (Wildman–Crippen LogP) is 3.09. The molecular formula is C12H21N3S. The van der Waals surface area contributed by atoms with E-state index in [1.807, 2.05) is 12.4 Å². The van der Waals surface area contributed by atoms with E-state index < -0.39 is 0 Å². The van der Waals surface area contributed by atoms with Crippen LogP contribution in [0.25, 0.3) is 0 Å². The van der Waals surface area contributed by atoms with Gasteiger partial charge in [-0.1, -0.05) is 25.6 Å². The maximum atomic E-state index is 8.62. The number of amidine groups is 1. The Morgan fingerprint density at radius 3 is 2.44 bits per heavy atom. The van der Waals surface area contributed by atoms with Crippen LogP contribution in [0.4, 0.5) is 0 Å². The first-order chi connectivity index (χ1) is 7.50. The number of thioether (sulfide) groups is 1. The highest BCUT2D eigenvalue weighted by Gasteiger charge is 2.29. The standard InChI is InChI=1S/C12H21N3S/c1-12(2)7-5-10(6-8-12)15(3)11(16-4)14-9-13/h10H,5-8H2,1-4H3. The summed E-state index contributed by atoms with van der Waals surface area (Å²) in [4.78, 5) is 6.03. The van der Waals surface area contributed by atoms with Crippen LogP contribution in [0.15, 0.2) is 4.99 Å². The predicted molar refractivity (Wildman–Crippen MR) is 70.4 cm³/mol. The van der Waals surface area contributed by atoms with Crippen molar-refractivity contribution in [2.45, 2.75) is 45.6 Å². The molecule has 0 spiro atoms. The summed E-state index contributed by atoms with van der Waals surface area (Å²) in [7, 11) is 2.05. The zero-order valence-electron chi connectivity index (χ0n) is 10.7. The Bertz CT molecular complexity index is 294. The fourth-order valence-corrected chi connectivity index (χ4v) is 2.81. The van der Waals surface area contributed by atoms with Gasteiger partial charge in [0.15, 0.2) is 5.17 Å². The summed E-state index contributed by atoms with van der Waals surface area (Å²) in [6, 6.07) is 0.549. The summed E-state index contributed by atoms with van der Waals surface area (Å²) in [6.07, 6.45) is 8.78. The molecule has 0 N–H and O–H groups in total. The summed E-state index contributed by atoms with van der Waals surface area (Å²) in [6.45, 7) is 4.67. The molecule has 90 valence electrons. The molecule has 1 fully saturated rings. The summed E-state index contributed by atoms with van der Waals surface area (Å²) in [5.74, 6) is 0. The van der Waals surface area contributed by atoms with Crippen molar-refractivity contribution in [2.75, 3.05) is 13.3 Å². The third-order valence-electron chi connectivity index (χ3n) is 3.49. The van der Waals surface area contributed by atoms with Gasteiger partial charge in [0.2, 0.25) is 6.19 Å². The van der Waals surface area contributed by atoms with Crippen molar-refractivity contribution in [3.63, 3.8) is 0 Å². The van der Waals surface area contributed by atoms with Crippen molar-refractivity contribution in [1.29, 1.82) is 5.26 Å². The SMILES string of the molecule is CSC(=NC#N)N(C)C1CCC(C)(C)CC1. The van der Waals surface area contributed by atoms with Crippen LogP contribution in [0.1, 0.15) is 39.5 Å². The van der Waals surface area contributed by atoms with Crippen LogP contribution in [-0.4, -0.2) is 29.4 Å². The average Bonchev–Trinajstić information content (AvgIpc) is 2.25. The van der Waals surface area contributed by atoms with Gasteiger partial charge in [0.05, 0.1) is 0 Å². The molecule has 0 heterocycles. The molecule has 1 aliphatic carbocycles. The number of hydrogen-bond donors (Lipinski definition) is 0. The molecule has 1 rings (SSSR count). The molecule has 3 nitrogen and oxygen atoms in total. The third kappa shape index (κ3) is 3.41. The monoisotopic (exact) mass is 239 g/mol. The first kappa shape index (κ1) is 13.4. The van der Waals surface area contributed by atoms with Crippen molar-refractivity contribution >= 4 is 16.9 Å². The molecule has 0 amide bonds. The maximum absolute atomic E-state index is 8.62. The van der Waals surface area contributed by atoms with Crippen LogP contribution in [0.2, 0.25) is 0 Å². The highest BCUT2D eigenvalue weighted by Crippen LogP contribution is 2.37. The molecule has 0 bridgehead atoms. The smallest absolute Gasteiger partial charge is 0.208 e. The summed E-state index contributed by atoms with van der Waals surface area (Å²) >= 11 is 1.55. The second kappa shape index (κ2) is 5.58. The van der Waals surface area contributed by atoms with Gasteiger partial charge in [-0.05, 0) is 37.4 Å². The van der Waals surface area contributed by atoms with Gasteiger partial charge in [0.25, 0.3) is 0 Å². The Balaban J connectivity index is 2.60. The first-order valence-electron chi connectivity index (χ1n) is 5.74. The van der Waals surface area contributed by atoms with Gasteiger partial charge in [-0.15, -0.1) is 4.99 Å². The zero-order chi connectivity index (χ0) is 12.2. The topological polar surface area (TPSA) is 39.4 Å². The minimum absolute atomic E-state index is 0.489. The highest BCUT2D eigenvalue weighted by atomic mass is 32.2. The first-order valence-corrected chi connectivity index (χ1v) is 6.96. The van der Waals surface area contributed by atoms with Gasteiger partial charge in [0, 0.05) is 13.1 Å². The van der Waals surface area contributed by atoms with Gasteiger partial charge in [0.1, 0.15) is 0 Å². The van der Waals surface area contributed by atoms with E-state index in [0.29, 0.717) is 11.5 Å². The van der Waals surface area contributed by atoms with E-state index in [4.69, 9.17) is 5.26 Å². The number of aliphatic imine (C=N–C) groups is 1. The van der Waals surface area contributed by atoms with Crippen LogP contribution < -0.4 is 0 Å². The second-order valence-corrected chi connectivity index (χ2v) is 5.98. The number of rotatable bonds is 1. The lowest BCUT2D eigenvalue weighted by molar-refractivity contribution is 0.171.